The van der Waals surface area contributed by atoms with Gasteiger partial charge in [-0.2, -0.15) is 0 Å². The smallest absolute Gasteiger partial charge is 0.328 e. The van der Waals surface area contributed by atoms with E-state index in [0.717, 1.165) is 5.56 Å². The van der Waals surface area contributed by atoms with Crippen molar-refractivity contribution in [3.63, 3.8) is 0 Å². The largest absolute Gasteiger partial charge is 0.467 e. The lowest BCUT2D eigenvalue weighted by molar-refractivity contribution is -0.143. The van der Waals surface area contributed by atoms with E-state index >= 15 is 0 Å². The molecule has 1 rings (SSSR count). The second kappa shape index (κ2) is 8.24. The van der Waals surface area contributed by atoms with Crippen LogP contribution in [0.5, 0.6) is 0 Å². The predicted molar refractivity (Wildman–Crippen MR) is 77.3 cm³/mol. The molecule has 1 aromatic carbocycles. The molecule has 2 N–H and O–H groups in total. The van der Waals surface area contributed by atoms with Gasteiger partial charge >= 0.3 is 12.0 Å². The molecule has 21 heavy (non-hydrogen) atoms. The number of carbonyl (C=O) groups is 2. The van der Waals surface area contributed by atoms with E-state index in [1.54, 1.807) is 12.1 Å². The molecule has 0 unspecified atom stereocenters. The lowest BCUT2D eigenvalue weighted by Gasteiger charge is -2.20. The zero-order valence-electron chi connectivity index (χ0n) is 12.5. The molecule has 2 amide bonds. The molecular formula is C15H21FN2O3. The number of carbonyl (C=O) groups excluding carboxylic acids is 2. The van der Waals surface area contributed by atoms with Gasteiger partial charge in [0.05, 0.1) is 7.11 Å². The van der Waals surface area contributed by atoms with Gasteiger partial charge in [0.15, 0.2) is 0 Å². The average molecular weight is 296 g/mol. The summed E-state index contributed by atoms with van der Waals surface area (Å²) in [6.07, 6.45) is 0.582. The molecule has 6 heteroatoms. The summed E-state index contributed by atoms with van der Waals surface area (Å²) < 4.78 is 17.4. The first-order chi connectivity index (χ1) is 9.93. The Bertz CT molecular complexity index is 474. The quantitative estimate of drug-likeness (QED) is 0.787. The van der Waals surface area contributed by atoms with Crippen LogP contribution in [0.4, 0.5) is 9.18 Å². The number of amides is 2. The van der Waals surface area contributed by atoms with Crippen LogP contribution in [0.1, 0.15) is 19.4 Å². The Labute approximate surface area is 123 Å². The molecule has 0 aliphatic carbocycles. The highest BCUT2D eigenvalue weighted by Crippen LogP contribution is 2.04. The normalized spacial score (nSPS) is 11.9. The molecule has 0 heterocycles. The number of rotatable bonds is 6. The molecule has 0 bridgehead atoms. The van der Waals surface area contributed by atoms with Crippen molar-refractivity contribution in [1.82, 2.24) is 10.6 Å². The van der Waals surface area contributed by atoms with Crippen LogP contribution < -0.4 is 10.6 Å². The van der Waals surface area contributed by atoms with Gasteiger partial charge in [0.25, 0.3) is 0 Å². The molecule has 0 radical (unpaired) electrons. The summed E-state index contributed by atoms with van der Waals surface area (Å²) in [7, 11) is 1.28. The van der Waals surface area contributed by atoms with E-state index in [1.165, 1.54) is 19.2 Å². The van der Waals surface area contributed by atoms with Gasteiger partial charge in [-0.1, -0.05) is 26.0 Å². The van der Waals surface area contributed by atoms with Crippen molar-refractivity contribution in [2.45, 2.75) is 26.3 Å². The van der Waals surface area contributed by atoms with Crippen molar-refractivity contribution in [2.75, 3.05) is 13.7 Å². The van der Waals surface area contributed by atoms with Gasteiger partial charge in [-0.25, -0.2) is 14.0 Å². The Balaban J connectivity index is 2.39. The van der Waals surface area contributed by atoms with E-state index < -0.39 is 18.0 Å². The van der Waals surface area contributed by atoms with Gasteiger partial charge < -0.3 is 15.4 Å². The number of urea groups is 1. The molecule has 1 aromatic rings. The zero-order valence-corrected chi connectivity index (χ0v) is 12.5. The van der Waals surface area contributed by atoms with Crippen LogP contribution >= 0.6 is 0 Å². The number of benzene rings is 1. The minimum atomic E-state index is -0.680. The van der Waals surface area contributed by atoms with Crippen molar-refractivity contribution >= 4 is 12.0 Å². The highest BCUT2D eigenvalue weighted by molar-refractivity contribution is 5.83. The molecule has 0 spiro atoms. The minimum absolute atomic E-state index is 0.0692. The Kier molecular flexibility index (Phi) is 6.65. The lowest BCUT2D eigenvalue weighted by atomic mass is 10.1. The van der Waals surface area contributed by atoms with Gasteiger partial charge in [0.1, 0.15) is 11.9 Å². The van der Waals surface area contributed by atoms with Crippen LogP contribution in [-0.4, -0.2) is 31.7 Å². The zero-order chi connectivity index (χ0) is 15.8. The summed E-state index contributed by atoms with van der Waals surface area (Å²) in [5.41, 5.74) is 0.921. The van der Waals surface area contributed by atoms with Gasteiger partial charge in [-0.15, -0.1) is 0 Å². The van der Waals surface area contributed by atoms with Gasteiger partial charge in [0, 0.05) is 6.54 Å². The van der Waals surface area contributed by atoms with Crippen LogP contribution in [0, 0.1) is 11.7 Å². The maximum atomic E-state index is 12.7. The van der Waals surface area contributed by atoms with Crippen LogP contribution in [0.15, 0.2) is 24.3 Å². The van der Waals surface area contributed by atoms with E-state index in [0.29, 0.717) is 13.0 Å². The van der Waals surface area contributed by atoms with E-state index in [1.807, 2.05) is 13.8 Å². The van der Waals surface area contributed by atoms with E-state index in [-0.39, 0.29) is 11.7 Å². The fraction of sp³-hybridized carbons (Fsp3) is 0.467. The van der Waals surface area contributed by atoms with Crippen molar-refractivity contribution in [3.05, 3.63) is 35.6 Å². The Hall–Kier alpha value is -2.11. The molecule has 1 atom stereocenters. The van der Waals surface area contributed by atoms with Crippen LogP contribution in [0.3, 0.4) is 0 Å². The highest BCUT2D eigenvalue weighted by atomic mass is 19.1. The molecule has 5 nitrogen and oxygen atoms in total. The lowest BCUT2D eigenvalue weighted by Crippen LogP contribution is -2.49. The van der Waals surface area contributed by atoms with E-state index in [9.17, 15) is 14.0 Å². The molecular weight excluding hydrogens is 275 g/mol. The molecule has 0 saturated heterocycles. The highest BCUT2D eigenvalue weighted by Gasteiger charge is 2.24. The Morgan fingerprint density at radius 1 is 1.24 bits per heavy atom. The summed E-state index contributed by atoms with van der Waals surface area (Å²) in [5.74, 6) is -0.832. The minimum Gasteiger partial charge on any atom is -0.467 e. The first-order valence-electron chi connectivity index (χ1n) is 6.80. The third-order valence-corrected chi connectivity index (χ3v) is 3.02. The monoisotopic (exact) mass is 296 g/mol. The fourth-order valence-corrected chi connectivity index (χ4v) is 1.79. The number of halogens is 1. The molecule has 0 saturated carbocycles. The third-order valence-electron chi connectivity index (χ3n) is 3.02. The maximum absolute atomic E-state index is 12.7. The van der Waals surface area contributed by atoms with Gasteiger partial charge in [-0.05, 0) is 30.0 Å². The van der Waals surface area contributed by atoms with E-state index in [4.69, 9.17) is 0 Å². The second-order valence-electron chi connectivity index (χ2n) is 5.02. The summed E-state index contributed by atoms with van der Waals surface area (Å²) in [5, 5.41) is 5.24. The average Bonchev–Trinajstić information content (AvgIpc) is 2.45. The van der Waals surface area contributed by atoms with Gasteiger partial charge in [-0.3, -0.25) is 0 Å². The molecule has 0 aliphatic rings. The summed E-state index contributed by atoms with van der Waals surface area (Å²) >= 11 is 0. The SMILES string of the molecule is COC(=O)[C@@H](NC(=O)NCCc1ccc(F)cc1)C(C)C. The van der Waals surface area contributed by atoms with E-state index in [2.05, 4.69) is 15.4 Å². The van der Waals surface area contributed by atoms with Gasteiger partial charge in [0.2, 0.25) is 0 Å². The number of nitrogens with one attached hydrogen (secondary N) is 2. The number of hydrogen-bond donors (Lipinski definition) is 2. The molecule has 0 aliphatic heterocycles. The number of esters is 1. The topological polar surface area (TPSA) is 67.4 Å². The van der Waals surface area contributed by atoms with Crippen molar-refractivity contribution < 1.29 is 18.7 Å². The molecule has 0 aromatic heterocycles. The number of ether oxygens (including phenoxy) is 1. The Morgan fingerprint density at radius 2 is 1.86 bits per heavy atom. The second-order valence-corrected chi connectivity index (χ2v) is 5.02. The first-order valence-corrected chi connectivity index (χ1v) is 6.80. The van der Waals surface area contributed by atoms with Crippen molar-refractivity contribution in [3.8, 4) is 0 Å². The third kappa shape index (κ3) is 5.81. The summed E-state index contributed by atoms with van der Waals surface area (Å²) in [6.45, 7) is 4.03. The van der Waals surface area contributed by atoms with Crippen LogP contribution in [0.25, 0.3) is 0 Å². The van der Waals surface area contributed by atoms with Crippen molar-refractivity contribution in [2.24, 2.45) is 5.92 Å². The van der Waals surface area contributed by atoms with Crippen LogP contribution in [-0.2, 0) is 16.0 Å². The molecule has 116 valence electrons. The van der Waals surface area contributed by atoms with Crippen LogP contribution in [0.2, 0.25) is 0 Å². The maximum Gasteiger partial charge on any atom is 0.328 e. The van der Waals surface area contributed by atoms with Crippen molar-refractivity contribution in [1.29, 1.82) is 0 Å². The predicted octanol–water partition coefficient (Wildman–Crippen LogP) is 1.86. The number of hydrogen-bond acceptors (Lipinski definition) is 3. The summed E-state index contributed by atoms with van der Waals surface area (Å²) in [6, 6.07) is 4.98. The standard InChI is InChI=1S/C15H21FN2O3/c1-10(2)13(14(19)21-3)18-15(20)17-9-8-11-4-6-12(16)7-5-11/h4-7,10,13H,8-9H2,1-3H3,(H2,17,18,20)/t13-/m0/s1. The molecule has 0 fully saturated rings. The first kappa shape index (κ1) is 16.9. The summed E-state index contributed by atoms with van der Waals surface area (Å²) in [4.78, 5) is 23.2. The number of methoxy groups -OCH3 is 1. The fourth-order valence-electron chi connectivity index (χ4n) is 1.79. The Morgan fingerprint density at radius 3 is 2.38 bits per heavy atom.